The van der Waals surface area contributed by atoms with Gasteiger partial charge in [0, 0.05) is 42.3 Å². The fourth-order valence-electron chi connectivity index (χ4n) is 2.53. The molecule has 1 heterocycles. The molecule has 1 aliphatic heterocycles. The maximum atomic E-state index is 13.0. The van der Waals surface area contributed by atoms with Crippen molar-refractivity contribution in [3.63, 3.8) is 0 Å². The van der Waals surface area contributed by atoms with Crippen LogP contribution in [0.5, 0.6) is 5.75 Å². The van der Waals surface area contributed by atoms with E-state index in [2.05, 4.69) is 53.1 Å². The number of alkyl halides is 3. The second kappa shape index (κ2) is 7.38. The molecule has 1 aliphatic rings. The molecule has 0 aliphatic carbocycles. The lowest BCUT2D eigenvalue weighted by Crippen LogP contribution is -2.46. The molecule has 0 aromatic heterocycles. The molecule has 22 heavy (non-hydrogen) atoms. The smallest absolute Gasteiger partial charge is 0.390 e. The lowest BCUT2D eigenvalue weighted by molar-refractivity contribution is -0.148. The molecule has 1 aromatic carbocycles. The molecule has 1 saturated heterocycles. The van der Waals surface area contributed by atoms with Crippen molar-refractivity contribution in [3.05, 3.63) is 25.0 Å². The van der Waals surface area contributed by atoms with Crippen LogP contribution in [0.15, 0.2) is 19.5 Å². The van der Waals surface area contributed by atoms with E-state index < -0.39 is 18.6 Å². The third-order valence-electron chi connectivity index (χ3n) is 3.53. The van der Waals surface area contributed by atoms with Crippen LogP contribution in [0, 0.1) is 0 Å². The topological polar surface area (TPSA) is 35.5 Å². The summed E-state index contributed by atoms with van der Waals surface area (Å²) >= 11 is 9.74. The van der Waals surface area contributed by atoms with Gasteiger partial charge in [0.2, 0.25) is 0 Å². The Labute approximate surface area is 151 Å². The second-order valence-corrected chi connectivity index (χ2v) is 7.54. The number of piperazine rings is 1. The van der Waals surface area contributed by atoms with Gasteiger partial charge in [0.15, 0.2) is 0 Å². The summed E-state index contributed by atoms with van der Waals surface area (Å²) in [4.78, 5) is 1.79. The van der Waals surface area contributed by atoms with Gasteiger partial charge in [0.1, 0.15) is 5.75 Å². The van der Waals surface area contributed by atoms with Crippen molar-refractivity contribution >= 4 is 47.8 Å². The highest BCUT2D eigenvalue weighted by Crippen LogP contribution is 2.46. The largest absolute Gasteiger partial charge is 0.506 e. The monoisotopic (exact) mass is 508 g/mol. The van der Waals surface area contributed by atoms with Crippen LogP contribution in [-0.4, -0.2) is 42.4 Å². The van der Waals surface area contributed by atoms with E-state index in [0.717, 1.165) is 0 Å². The zero-order chi connectivity index (χ0) is 16.5. The van der Waals surface area contributed by atoms with E-state index in [9.17, 15) is 18.3 Å². The lowest BCUT2D eigenvalue weighted by atomic mass is 10.0. The first-order chi connectivity index (χ1) is 10.2. The van der Waals surface area contributed by atoms with Crippen molar-refractivity contribution in [2.45, 2.75) is 18.6 Å². The van der Waals surface area contributed by atoms with E-state index in [0.29, 0.717) is 40.7 Å². The van der Waals surface area contributed by atoms with Gasteiger partial charge in [-0.2, -0.15) is 13.2 Å². The Morgan fingerprint density at radius 3 is 2.32 bits per heavy atom. The van der Waals surface area contributed by atoms with E-state index in [1.807, 2.05) is 0 Å². The van der Waals surface area contributed by atoms with Crippen LogP contribution in [0.3, 0.4) is 0 Å². The molecule has 0 radical (unpaired) electrons. The number of nitrogens with one attached hydrogen (secondary N) is 1. The second-order valence-electron chi connectivity index (χ2n) is 5.04. The first kappa shape index (κ1) is 18.5. The van der Waals surface area contributed by atoms with Gasteiger partial charge < -0.3 is 10.4 Å². The summed E-state index contributed by atoms with van der Waals surface area (Å²) in [6.07, 6.45) is -5.26. The van der Waals surface area contributed by atoms with Crippen molar-refractivity contribution in [3.8, 4) is 5.75 Å². The minimum atomic E-state index is -4.29. The number of aromatic hydroxyl groups is 1. The van der Waals surface area contributed by atoms with Crippen molar-refractivity contribution in [1.82, 2.24) is 10.2 Å². The molecule has 0 saturated carbocycles. The summed E-state index contributed by atoms with van der Waals surface area (Å²) in [6, 6.07) is 0.714. The standard InChI is InChI=1S/C13H14Br3F3N2O/c14-7-5-8(15)12(22)11(16)10(7)9(6-13(17,18)19)21-3-1-20-2-4-21/h5,9,20,22H,1-4,6H2/t9-/m1/s1. The van der Waals surface area contributed by atoms with Gasteiger partial charge in [-0.1, -0.05) is 15.9 Å². The van der Waals surface area contributed by atoms with Gasteiger partial charge >= 0.3 is 6.18 Å². The molecular formula is C13H14Br3F3N2O. The number of phenols is 1. The summed E-state index contributed by atoms with van der Waals surface area (Å²) in [6.45, 7) is 2.34. The predicted octanol–water partition coefficient (Wildman–Crippen LogP) is 4.58. The van der Waals surface area contributed by atoms with Gasteiger partial charge in [-0.3, -0.25) is 4.90 Å². The highest BCUT2D eigenvalue weighted by molar-refractivity contribution is 9.11. The van der Waals surface area contributed by atoms with Gasteiger partial charge in [-0.25, -0.2) is 0 Å². The van der Waals surface area contributed by atoms with Crippen LogP contribution in [0.2, 0.25) is 0 Å². The molecule has 2 N–H and O–H groups in total. The maximum absolute atomic E-state index is 13.0. The highest BCUT2D eigenvalue weighted by Gasteiger charge is 2.38. The van der Waals surface area contributed by atoms with E-state index in [-0.39, 0.29) is 10.2 Å². The number of hydrogen-bond acceptors (Lipinski definition) is 3. The Morgan fingerprint density at radius 1 is 1.18 bits per heavy atom. The van der Waals surface area contributed by atoms with E-state index in [4.69, 9.17) is 0 Å². The molecule has 0 bridgehead atoms. The number of hydrogen-bond donors (Lipinski definition) is 2. The van der Waals surface area contributed by atoms with Crippen LogP contribution >= 0.6 is 47.8 Å². The average Bonchev–Trinajstić information content (AvgIpc) is 2.43. The summed E-state index contributed by atoms with van der Waals surface area (Å²) < 4.78 is 40.4. The van der Waals surface area contributed by atoms with Crippen LogP contribution in [0.4, 0.5) is 13.2 Å². The average molecular weight is 511 g/mol. The lowest BCUT2D eigenvalue weighted by Gasteiger charge is -2.36. The molecule has 1 aromatic rings. The van der Waals surface area contributed by atoms with Gasteiger partial charge in [0.05, 0.1) is 15.4 Å². The molecule has 0 amide bonds. The van der Waals surface area contributed by atoms with Crippen LogP contribution in [-0.2, 0) is 0 Å². The van der Waals surface area contributed by atoms with Crippen molar-refractivity contribution in [2.75, 3.05) is 26.2 Å². The molecular weight excluding hydrogens is 497 g/mol. The number of halogens is 6. The Balaban J connectivity index is 2.46. The minimum Gasteiger partial charge on any atom is -0.506 e. The maximum Gasteiger partial charge on any atom is 0.390 e. The fraction of sp³-hybridized carbons (Fsp3) is 0.538. The summed E-state index contributed by atoms with van der Waals surface area (Å²) in [5.41, 5.74) is 0.417. The van der Waals surface area contributed by atoms with Crippen LogP contribution < -0.4 is 5.32 Å². The zero-order valence-corrected chi connectivity index (χ0v) is 16.1. The van der Waals surface area contributed by atoms with E-state index >= 15 is 0 Å². The van der Waals surface area contributed by atoms with E-state index in [1.165, 1.54) is 0 Å². The minimum absolute atomic E-state index is 0.0968. The molecule has 1 fully saturated rings. The molecule has 0 spiro atoms. The zero-order valence-electron chi connectivity index (χ0n) is 11.4. The Bertz CT molecular complexity index is 548. The first-order valence-electron chi connectivity index (χ1n) is 6.58. The van der Waals surface area contributed by atoms with Gasteiger partial charge in [-0.05, 0) is 37.9 Å². The number of rotatable bonds is 3. The third kappa shape index (κ3) is 4.37. The Hall–Kier alpha value is 0.170. The summed E-state index contributed by atoms with van der Waals surface area (Å²) in [5.74, 6) is -0.0968. The predicted molar refractivity (Wildman–Crippen MR) is 89.1 cm³/mol. The van der Waals surface area contributed by atoms with Crippen LogP contribution in [0.25, 0.3) is 0 Å². The summed E-state index contributed by atoms with van der Waals surface area (Å²) in [5, 5.41) is 13.2. The van der Waals surface area contributed by atoms with Gasteiger partial charge in [0.25, 0.3) is 0 Å². The molecule has 1 atom stereocenters. The first-order valence-corrected chi connectivity index (χ1v) is 8.96. The van der Waals surface area contributed by atoms with Crippen molar-refractivity contribution < 1.29 is 18.3 Å². The van der Waals surface area contributed by atoms with Gasteiger partial charge in [-0.15, -0.1) is 0 Å². The molecule has 0 unspecified atom stereocenters. The number of benzene rings is 1. The molecule has 124 valence electrons. The Morgan fingerprint density at radius 2 is 1.77 bits per heavy atom. The molecule has 3 nitrogen and oxygen atoms in total. The normalized spacial score (nSPS) is 18.5. The summed E-state index contributed by atoms with van der Waals surface area (Å²) in [7, 11) is 0. The van der Waals surface area contributed by atoms with Crippen LogP contribution in [0.1, 0.15) is 18.0 Å². The SMILES string of the molecule is Oc1c(Br)cc(Br)c([C@@H](CC(F)(F)F)N2CCNCC2)c1Br. The van der Waals surface area contributed by atoms with Crippen molar-refractivity contribution in [1.29, 1.82) is 0 Å². The highest BCUT2D eigenvalue weighted by atomic mass is 79.9. The number of nitrogens with zero attached hydrogens (tertiary/aromatic N) is 1. The number of phenolic OH excluding ortho intramolecular Hbond substituents is 1. The van der Waals surface area contributed by atoms with Crippen molar-refractivity contribution in [2.24, 2.45) is 0 Å². The fourth-order valence-corrected chi connectivity index (χ4v) is 5.18. The van der Waals surface area contributed by atoms with E-state index in [1.54, 1.807) is 11.0 Å². The molecule has 2 rings (SSSR count). The quantitative estimate of drug-likeness (QED) is 0.625. The Kier molecular flexibility index (Phi) is 6.21. The third-order valence-corrected chi connectivity index (χ3v) is 5.60. The molecule has 9 heteroatoms.